The summed E-state index contributed by atoms with van der Waals surface area (Å²) in [6.45, 7) is 0.108. The number of nitrogens with one attached hydrogen (secondary N) is 1. The number of aliphatic carboxylic acids is 1. The van der Waals surface area contributed by atoms with Crippen LogP contribution >= 0.6 is 0 Å². The molecular formula is C14H14F3NO3. The van der Waals surface area contributed by atoms with Gasteiger partial charge in [-0.15, -0.1) is 0 Å². The largest absolute Gasteiger partial charge is 0.481 e. The summed E-state index contributed by atoms with van der Waals surface area (Å²) >= 11 is 0. The van der Waals surface area contributed by atoms with Gasteiger partial charge in [0.2, 0.25) is 0 Å². The van der Waals surface area contributed by atoms with Crippen LogP contribution in [-0.2, 0) is 4.79 Å². The molecule has 21 heavy (non-hydrogen) atoms. The normalized spacial score (nSPS) is 21.3. The van der Waals surface area contributed by atoms with Gasteiger partial charge in [0.1, 0.15) is 0 Å². The van der Waals surface area contributed by atoms with Gasteiger partial charge >= 0.3 is 5.97 Å². The molecule has 1 amide bonds. The molecule has 0 spiro atoms. The van der Waals surface area contributed by atoms with Crippen LogP contribution in [-0.4, -0.2) is 23.5 Å². The van der Waals surface area contributed by atoms with E-state index >= 15 is 0 Å². The summed E-state index contributed by atoms with van der Waals surface area (Å²) in [5.41, 5.74) is -0.337. The van der Waals surface area contributed by atoms with Crippen LogP contribution in [0.3, 0.4) is 0 Å². The van der Waals surface area contributed by atoms with E-state index in [1.54, 1.807) is 0 Å². The van der Waals surface area contributed by atoms with Gasteiger partial charge < -0.3 is 10.4 Å². The van der Waals surface area contributed by atoms with Crippen molar-refractivity contribution in [3.8, 4) is 0 Å². The zero-order valence-corrected chi connectivity index (χ0v) is 11.0. The van der Waals surface area contributed by atoms with E-state index < -0.39 is 35.2 Å². The molecule has 1 aromatic carbocycles. The minimum Gasteiger partial charge on any atom is -0.481 e. The molecule has 1 saturated carbocycles. The molecule has 0 bridgehead atoms. The molecule has 1 aliphatic rings. The van der Waals surface area contributed by atoms with Gasteiger partial charge in [-0.05, 0) is 30.9 Å². The van der Waals surface area contributed by atoms with Crippen molar-refractivity contribution in [2.45, 2.75) is 19.3 Å². The highest BCUT2D eigenvalue weighted by Crippen LogP contribution is 2.31. The third kappa shape index (κ3) is 3.34. The number of carboxylic acid groups (broad SMARTS) is 1. The van der Waals surface area contributed by atoms with Crippen LogP contribution in [0.1, 0.15) is 29.6 Å². The summed E-state index contributed by atoms with van der Waals surface area (Å²) in [6, 6.07) is 1.22. The highest BCUT2D eigenvalue weighted by Gasteiger charge is 2.33. The van der Waals surface area contributed by atoms with Crippen LogP contribution in [0.15, 0.2) is 12.1 Å². The summed E-state index contributed by atoms with van der Waals surface area (Å²) in [7, 11) is 0. The van der Waals surface area contributed by atoms with Crippen molar-refractivity contribution >= 4 is 11.9 Å². The second kappa shape index (κ2) is 6.15. The number of rotatable bonds is 4. The van der Waals surface area contributed by atoms with Crippen LogP contribution in [0.5, 0.6) is 0 Å². The molecule has 0 saturated heterocycles. The van der Waals surface area contributed by atoms with Gasteiger partial charge in [0.15, 0.2) is 17.5 Å². The Kier molecular flexibility index (Phi) is 4.50. The molecular weight excluding hydrogens is 287 g/mol. The minimum atomic E-state index is -1.63. The van der Waals surface area contributed by atoms with Gasteiger partial charge in [-0.1, -0.05) is 6.42 Å². The number of carbonyl (C=O) groups excluding carboxylic acids is 1. The Bertz CT molecular complexity index is 554. The second-order valence-electron chi connectivity index (χ2n) is 5.10. The SMILES string of the molecule is O=C(NCC1CCCC1C(=O)O)c1cc(F)c(F)c(F)c1. The molecule has 1 aromatic rings. The van der Waals surface area contributed by atoms with Crippen LogP contribution in [0.2, 0.25) is 0 Å². The Labute approximate surface area is 119 Å². The van der Waals surface area contributed by atoms with Gasteiger partial charge in [0, 0.05) is 12.1 Å². The van der Waals surface area contributed by atoms with E-state index in [1.165, 1.54) is 0 Å². The molecule has 2 atom stereocenters. The first-order valence-corrected chi connectivity index (χ1v) is 6.55. The van der Waals surface area contributed by atoms with Crippen molar-refractivity contribution in [2.24, 2.45) is 11.8 Å². The lowest BCUT2D eigenvalue weighted by atomic mass is 9.96. The molecule has 114 valence electrons. The molecule has 7 heteroatoms. The summed E-state index contributed by atoms with van der Waals surface area (Å²) in [6.07, 6.45) is 1.98. The first-order valence-electron chi connectivity index (χ1n) is 6.55. The van der Waals surface area contributed by atoms with E-state index in [-0.39, 0.29) is 18.0 Å². The quantitative estimate of drug-likeness (QED) is 0.839. The monoisotopic (exact) mass is 301 g/mol. The van der Waals surface area contributed by atoms with Crippen molar-refractivity contribution in [1.82, 2.24) is 5.32 Å². The van der Waals surface area contributed by atoms with Gasteiger partial charge in [-0.2, -0.15) is 0 Å². The standard InChI is InChI=1S/C14H14F3NO3/c15-10-4-8(5-11(16)12(10)17)13(19)18-6-7-2-1-3-9(7)14(20)21/h4-5,7,9H,1-3,6H2,(H,18,19)(H,20,21). The Hall–Kier alpha value is -2.05. The highest BCUT2D eigenvalue weighted by atomic mass is 19.2. The molecule has 0 heterocycles. The number of halogens is 3. The number of carbonyl (C=O) groups is 2. The van der Waals surface area contributed by atoms with Gasteiger partial charge in [-0.3, -0.25) is 9.59 Å². The Morgan fingerprint density at radius 2 is 1.81 bits per heavy atom. The molecule has 1 fully saturated rings. The van der Waals surface area contributed by atoms with Crippen molar-refractivity contribution in [2.75, 3.05) is 6.54 Å². The minimum absolute atomic E-state index is 0.108. The molecule has 0 aliphatic heterocycles. The predicted molar refractivity (Wildman–Crippen MR) is 67.1 cm³/mol. The zero-order valence-electron chi connectivity index (χ0n) is 11.0. The Morgan fingerprint density at radius 3 is 2.38 bits per heavy atom. The second-order valence-corrected chi connectivity index (χ2v) is 5.10. The van der Waals surface area contributed by atoms with Crippen LogP contribution in [0.25, 0.3) is 0 Å². The predicted octanol–water partition coefficient (Wildman–Crippen LogP) is 2.33. The maximum absolute atomic E-state index is 13.0. The summed E-state index contributed by atoms with van der Waals surface area (Å²) < 4.78 is 38.9. The number of hydrogen-bond donors (Lipinski definition) is 2. The van der Waals surface area contributed by atoms with E-state index in [1.807, 2.05) is 0 Å². The Morgan fingerprint density at radius 1 is 1.19 bits per heavy atom. The third-order valence-corrected chi connectivity index (χ3v) is 3.75. The average molecular weight is 301 g/mol. The molecule has 4 nitrogen and oxygen atoms in total. The van der Waals surface area contributed by atoms with E-state index in [9.17, 15) is 22.8 Å². The maximum Gasteiger partial charge on any atom is 0.306 e. The van der Waals surface area contributed by atoms with Crippen LogP contribution < -0.4 is 5.32 Å². The van der Waals surface area contributed by atoms with E-state index in [0.29, 0.717) is 25.0 Å². The van der Waals surface area contributed by atoms with Crippen molar-refractivity contribution in [3.05, 3.63) is 35.1 Å². The summed E-state index contributed by atoms with van der Waals surface area (Å²) in [5, 5.41) is 11.5. The van der Waals surface area contributed by atoms with Gasteiger partial charge in [0.05, 0.1) is 5.92 Å². The molecule has 0 radical (unpaired) electrons. The highest BCUT2D eigenvalue weighted by molar-refractivity contribution is 5.94. The number of amides is 1. The van der Waals surface area contributed by atoms with Gasteiger partial charge in [0.25, 0.3) is 5.91 Å². The van der Waals surface area contributed by atoms with Crippen molar-refractivity contribution < 1.29 is 27.9 Å². The summed E-state index contributed by atoms with van der Waals surface area (Å²) in [5.74, 6) is -6.91. The third-order valence-electron chi connectivity index (χ3n) is 3.75. The lowest BCUT2D eigenvalue weighted by Gasteiger charge is -2.16. The molecule has 2 unspecified atom stereocenters. The lowest BCUT2D eigenvalue weighted by Crippen LogP contribution is -2.33. The molecule has 2 N–H and O–H groups in total. The topological polar surface area (TPSA) is 66.4 Å². The summed E-state index contributed by atoms with van der Waals surface area (Å²) in [4.78, 5) is 22.8. The first kappa shape index (κ1) is 15.3. The average Bonchev–Trinajstić information content (AvgIpc) is 2.90. The van der Waals surface area contributed by atoms with Crippen LogP contribution in [0.4, 0.5) is 13.2 Å². The van der Waals surface area contributed by atoms with Crippen molar-refractivity contribution in [1.29, 1.82) is 0 Å². The Balaban J connectivity index is 2.01. The molecule has 1 aliphatic carbocycles. The molecule has 2 rings (SSSR count). The number of carboxylic acids is 1. The van der Waals surface area contributed by atoms with E-state index in [4.69, 9.17) is 5.11 Å². The maximum atomic E-state index is 13.0. The fraction of sp³-hybridized carbons (Fsp3) is 0.429. The van der Waals surface area contributed by atoms with E-state index in [0.717, 1.165) is 6.42 Å². The smallest absolute Gasteiger partial charge is 0.306 e. The molecule has 0 aromatic heterocycles. The lowest BCUT2D eigenvalue weighted by molar-refractivity contribution is -0.142. The zero-order chi connectivity index (χ0) is 15.6. The number of benzene rings is 1. The fourth-order valence-electron chi connectivity index (χ4n) is 2.62. The van der Waals surface area contributed by atoms with Crippen molar-refractivity contribution in [3.63, 3.8) is 0 Å². The van der Waals surface area contributed by atoms with E-state index in [2.05, 4.69) is 5.32 Å². The van der Waals surface area contributed by atoms with Crippen LogP contribution in [0, 0.1) is 29.3 Å². The first-order chi connectivity index (χ1) is 9.90. The fourth-order valence-corrected chi connectivity index (χ4v) is 2.62. The number of hydrogen-bond acceptors (Lipinski definition) is 2. The van der Waals surface area contributed by atoms with Gasteiger partial charge in [-0.25, -0.2) is 13.2 Å².